The molecular formula is C30H35F4N3O4. The van der Waals surface area contributed by atoms with Gasteiger partial charge in [0.2, 0.25) is 0 Å². The lowest BCUT2D eigenvalue weighted by molar-refractivity contribution is -0.256. The van der Waals surface area contributed by atoms with Gasteiger partial charge in [0.25, 0.3) is 5.91 Å². The van der Waals surface area contributed by atoms with Crippen LogP contribution >= 0.6 is 0 Å². The Balaban J connectivity index is 1.13. The summed E-state index contributed by atoms with van der Waals surface area (Å²) in [4.78, 5) is 32.2. The molecule has 1 N–H and O–H groups in total. The van der Waals surface area contributed by atoms with Crippen molar-refractivity contribution >= 4 is 11.9 Å². The SMILES string of the molecule is CC1(C(=O)O)CCCN1C(=O)c1ccc(-c2ccc(OCC3CCN(CC4(C(F)(F)F)CCC4)CC3)cn2)cc1F. The summed E-state index contributed by atoms with van der Waals surface area (Å²) in [6, 6.07) is 7.55. The molecule has 1 aromatic carbocycles. The minimum Gasteiger partial charge on any atom is -0.492 e. The third-order valence-electron chi connectivity index (χ3n) is 9.21. The Morgan fingerprint density at radius 3 is 2.37 bits per heavy atom. The second kappa shape index (κ2) is 11.2. The van der Waals surface area contributed by atoms with E-state index in [9.17, 15) is 32.3 Å². The first kappa shape index (κ1) is 29.3. The Hall–Kier alpha value is -3.21. The highest BCUT2D eigenvalue weighted by molar-refractivity contribution is 5.98. The van der Waals surface area contributed by atoms with Crippen molar-refractivity contribution in [3.8, 4) is 17.0 Å². The molecule has 222 valence electrons. The molecule has 41 heavy (non-hydrogen) atoms. The highest BCUT2D eigenvalue weighted by Gasteiger charge is 2.58. The number of ether oxygens (including phenoxy) is 1. The Kier molecular flexibility index (Phi) is 8.02. The van der Waals surface area contributed by atoms with Crippen LogP contribution < -0.4 is 4.74 Å². The zero-order valence-electron chi connectivity index (χ0n) is 23.1. The number of halogens is 4. The minimum absolute atomic E-state index is 0.0885. The van der Waals surface area contributed by atoms with E-state index in [1.54, 1.807) is 18.2 Å². The molecule has 3 aliphatic rings. The van der Waals surface area contributed by atoms with Crippen LogP contribution in [0.2, 0.25) is 0 Å². The quantitative estimate of drug-likeness (QED) is 0.400. The summed E-state index contributed by atoms with van der Waals surface area (Å²) in [7, 11) is 0. The summed E-state index contributed by atoms with van der Waals surface area (Å²) in [6.07, 6.45) is 0.872. The molecule has 0 spiro atoms. The van der Waals surface area contributed by atoms with Crippen LogP contribution in [0.15, 0.2) is 36.5 Å². The maximum Gasteiger partial charge on any atom is 0.395 e. The average Bonchev–Trinajstić information content (AvgIpc) is 3.32. The molecule has 3 fully saturated rings. The van der Waals surface area contributed by atoms with Gasteiger partial charge in [-0.15, -0.1) is 0 Å². The largest absolute Gasteiger partial charge is 0.492 e. The van der Waals surface area contributed by atoms with Crippen molar-refractivity contribution in [2.24, 2.45) is 11.3 Å². The van der Waals surface area contributed by atoms with Crippen molar-refractivity contribution < 1.29 is 37.0 Å². The van der Waals surface area contributed by atoms with Crippen LogP contribution in [0.5, 0.6) is 5.75 Å². The predicted octanol–water partition coefficient (Wildman–Crippen LogP) is 5.79. The van der Waals surface area contributed by atoms with E-state index in [0.717, 1.165) is 12.8 Å². The third kappa shape index (κ3) is 5.78. The van der Waals surface area contributed by atoms with E-state index >= 15 is 0 Å². The van der Waals surface area contributed by atoms with Crippen LogP contribution in [0.1, 0.15) is 62.2 Å². The fraction of sp³-hybridized carbons (Fsp3) is 0.567. The van der Waals surface area contributed by atoms with Crippen LogP contribution in [-0.4, -0.2) is 76.3 Å². The summed E-state index contributed by atoms with van der Waals surface area (Å²) < 4.78 is 61.4. The predicted molar refractivity (Wildman–Crippen MR) is 143 cm³/mol. The number of aliphatic carboxylic acids is 1. The summed E-state index contributed by atoms with van der Waals surface area (Å²) in [5.74, 6) is -1.73. The molecule has 0 radical (unpaired) electrons. The van der Waals surface area contributed by atoms with E-state index in [0.29, 0.717) is 56.0 Å². The van der Waals surface area contributed by atoms with E-state index in [1.807, 2.05) is 4.90 Å². The van der Waals surface area contributed by atoms with Crippen molar-refractivity contribution in [1.82, 2.24) is 14.8 Å². The molecule has 1 aromatic heterocycles. The zero-order chi connectivity index (χ0) is 29.4. The second-order valence-electron chi connectivity index (χ2n) is 11.9. The van der Waals surface area contributed by atoms with Gasteiger partial charge in [-0.05, 0) is 88.7 Å². The highest BCUT2D eigenvalue weighted by atomic mass is 19.4. The number of carboxylic acids is 1. The van der Waals surface area contributed by atoms with Crippen LogP contribution in [0.4, 0.5) is 17.6 Å². The first-order valence-electron chi connectivity index (χ1n) is 14.2. The molecule has 7 nitrogen and oxygen atoms in total. The van der Waals surface area contributed by atoms with E-state index < -0.39 is 34.8 Å². The first-order chi connectivity index (χ1) is 19.4. The number of pyridine rings is 1. The third-order valence-corrected chi connectivity index (χ3v) is 9.21. The number of likely N-dealkylation sites (tertiary alicyclic amines) is 2. The normalized spacial score (nSPS) is 23.3. The fourth-order valence-electron chi connectivity index (χ4n) is 6.23. The topological polar surface area (TPSA) is 83.0 Å². The number of aromatic nitrogens is 1. The number of piperidine rings is 1. The molecule has 1 atom stereocenters. The van der Waals surface area contributed by atoms with E-state index in [1.165, 1.54) is 30.2 Å². The van der Waals surface area contributed by atoms with E-state index in [2.05, 4.69) is 4.98 Å². The van der Waals surface area contributed by atoms with Gasteiger partial charge in [-0.3, -0.25) is 9.78 Å². The molecule has 2 saturated heterocycles. The number of alkyl halides is 3. The lowest BCUT2D eigenvalue weighted by Crippen LogP contribution is -2.53. The number of benzene rings is 1. The number of carboxylic acid groups (broad SMARTS) is 1. The van der Waals surface area contributed by atoms with Gasteiger partial charge < -0.3 is 19.6 Å². The number of nitrogens with zero attached hydrogens (tertiary/aromatic N) is 3. The lowest BCUT2D eigenvalue weighted by atomic mass is 9.67. The van der Waals surface area contributed by atoms with Gasteiger partial charge in [0.05, 0.1) is 29.5 Å². The zero-order valence-corrected chi connectivity index (χ0v) is 23.1. The van der Waals surface area contributed by atoms with Crippen LogP contribution in [0.3, 0.4) is 0 Å². The smallest absolute Gasteiger partial charge is 0.395 e. The Morgan fingerprint density at radius 2 is 1.80 bits per heavy atom. The van der Waals surface area contributed by atoms with Gasteiger partial charge in [-0.25, -0.2) is 9.18 Å². The number of hydrogen-bond acceptors (Lipinski definition) is 5. The highest BCUT2D eigenvalue weighted by Crippen LogP contribution is 2.53. The standard InChI is InChI=1S/C30H35F4N3O4/c1-28(27(39)40)10-3-13-37(28)26(38)23-6-4-21(16-24(23)31)25-7-5-22(17-35-25)41-18-20-8-14-36(15-9-20)19-29(11-2-12-29)30(32,33)34/h4-7,16-17,20H,2-3,8-15,18-19H2,1H3,(H,39,40). The molecule has 1 amide bonds. The van der Waals surface area contributed by atoms with Gasteiger partial charge in [-0.2, -0.15) is 13.2 Å². The first-order valence-corrected chi connectivity index (χ1v) is 14.2. The fourth-order valence-corrected chi connectivity index (χ4v) is 6.23. The van der Waals surface area contributed by atoms with E-state index in [-0.39, 0.29) is 37.4 Å². The molecule has 11 heteroatoms. The molecule has 1 saturated carbocycles. The molecule has 3 heterocycles. The van der Waals surface area contributed by atoms with Crippen molar-refractivity contribution in [1.29, 1.82) is 0 Å². The van der Waals surface area contributed by atoms with Gasteiger partial charge >= 0.3 is 12.1 Å². The maximum absolute atomic E-state index is 15.0. The molecule has 1 aliphatic carbocycles. The van der Waals surface area contributed by atoms with Crippen molar-refractivity contribution in [2.45, 2.75) is 63.6 Å². The van der Waals surface area contributed by atoms with Crippen molar-refractivity contribution in [3.63, 3.8) is 0 Å². The van der Waals surface area contributed by atoms with Gasteiger partial charge in [0.1, 0.15) is 17.1 Å². The lowest BCUT2D eigenvalue weighted by Gasteiger charge is -2.47. The monoisotopic (exact) mass is 577 g/mol. The molecule has 0 bridgehead atoms. The number of carbonyl (C=O) groups is 2. The summed E-state index contributed by atoms with van der Waals surface area (Å²) in [5, 5.41) is 9.58. The molecular weight excluding hydrogens is 542 g/mol. The Morgan fingerprint density at radius 1 is 1.07 bits per heavy atom. The van der Waals surface area contributed by atoms with Crippen LogP contribution in [0.25, 0.3) is 11.3 Å². The average molecular weight is 578 g/mol. The van der Waals surface area contributed by atoms with E-state index in [4.69, 9.17) is 4.74 Å². The van der Waals surface area contributed by atoms with Gasteiger partial charge in [0.15, 0.2) is 0 Å². The molecule has 2 aromatic rings. The molecule has 2 aliphatic heterocycles. The van der Waals surface area contributed by atoms with Crippen LogP contribution in [-0.2, 0) is 4.79 Å². The molecule has 1 unspecified atom stereocenters. The minimum atomic E-state index is -4.15. The summed E-state index contributed by atoms with van der Waals surface area (Å²) >= 11 is 0. The number of carbonyl (C=O) groups excluding carboxylic acids is 1. The second-order valence-corrected chi connectivity index (χ2v) is 11.9. The van der Waals surface area contributed by atoms with Crippen LogP contribution in [0, 0.1) is 17.2 Å². The van der Waals surface area contributed by atoms with Gasteiger partial charge in [-0.1, -0.05) is 12.5 Å². The number of hydrogen-bond donors (Lipinski definition) is 1. The molecule has 5 rings (SSSR count). The Labute approximate surface area is 236 Å². The van der Waals surface area contributed by atoms with Crippen molar-refractivity contribution in [2.75, 3.05) is 32.8 Å². The summed E-state index contributed by atoms with van der Waals surface area (Å²) in [5.41, 5.74) is -2.13. The summed E-state index contributed by atoms with van der Waals surface area (Å²) in [6.45, 7) is 3.51. The Bertz CT molecular complexity index is 1270. The number of rotatable bonds is 8. The van der Waals surface area contributed by atoms with Crippen molar-refractivity contribution in [3.05, 3.63) is 47.9 Å². The van der Waals surface area contributed by atoms with Gasteiger partial charge in [0, 0.05) is 18.7 Å². The maximum atomic E-state index is 15.0. The number of amides is 1.